The first-order valence-electron chi connectivity index (χ1n) is 3.20. The van der Waals surface area contributed by atoms with E-state index >= 15 is 0 Å². The molecule has 2 nitrogen and oxygen atoms in total. The van der Waals surface area contributed by atoms with Crippen LogP contribution < -0.4 is 5.73 Å². The van der Waals surface area contributed by atoms with Crippen LogP contribution >= 0.6 is 0 Å². The van der Waals surface area contributed by atoms with Gasteiger partial charge in [-0.1, -0.05) is 13.0 Å². The average molecular weight is 127 g/mol. The van der Waals surface area contributed by atoms with Gasteiger partial charge in [-0.05, 0) is 19.0 Å². The third-order valence-corrected chi connectivity index (χ3v) is 0.930. The van der Waals surface area contributed by atoms with Crippen molar-refractivity contribution in [3.8, 4) is 0 Å². The van der Waals surface area contributed by atoms with E-state index in [2.05, 4.69) is 0 Å². The van der Waals surface area contributed by atoms with Gasteiger partial charge in [-0.15, -0.1) is 0 Å². The minimum atomic E-state index is 0.124. The number of ketones is 1. The Morgan fingerprint density at radius 1 is 1.67 bits per heavy atom. The Kier molecular flexibility index (Phi) is 5.12. The molecule has 0 aliphatic heterocycles. The lowest BCUT2D eigenvalue weighted by atomic mass is 10.2. The van der Waals surface area contributed by atoms with Gasteiger partial charge in [0.2, 0.25) is 0 Å². The molecule has 2 heteroatoms. The van der Waals surface area contributed by atoms with Gasteiger partial charge in [-0.2, -0.15) is 0 Å². The van der Waals surface area contributed by atoms with E-state index in [1.54, 1.807) is 6.08 Å². The van der Waals surface area contributed by atoms with Crippen LogP contribution in [0.2, 0.25) is 0 Å². The number of nitrogens with two attached hydrogens (primary N) is 1. The molecule has 0 aromatic rings. The molecule has 0 amide bonds. The zero-order valence-corrected chi connectivity index (χ0v) is 5.76. The van der Waals surface area contributed by atoms with Crippen molar-refractivity contribution >= 4 is 5.78 Å². The van der Waals surface area contributed by atoms with Gasteiger partial charge in [0.25, 0.3) is 0 Å². The lowest BCUT2D eigenvalue weighted by Crippen LogP contribution is -2.04. The van der Waals surface area contributed by atoms with Crippen LogP contribution in [0.4, 0.5) is 0 Å². The molecule has 0 aliphatic carbocycles. The van der Waals surface area contributed by atoms with Crippen LogP contribution in [0, 0.1) is 0 Å². The first-order chi connectivity index (χ1) is 4.31. The molecule has 52 valence electrons. The normalized spacial score (nSPS) is 10.4. The number of carbonyl (C=O) groups excluding carboxylic acids is 1. The fraction of sp³-hybridized carbons (Fsp3) is 0.571. The lowest BCUT2D eigenvalue weighted by molar-refractivity contribution is -0.114. The Labute approximate surface area is 55.7 Å². The number of allylic oxidation sites excluding steroid dienone is 2. The Morgan fingerprint density at radius 3 is 2.78 bits per heavy atom. The van der Waals surface area contributed by atoms with Crippen LogP contribution in [0.15, 0.2) is 12.2 Å². The molecule has 9 heavy (non-hydrogen) atoms. The van der Waals surface area contributed by atoms with Crippen LogP contribution in [0.5, 0.6) is 0 Å². The molecule has 0 rings (SSSR count). The molecule has 0 saturated heterocycles. The van der Waals surface area contributed by atoms with Crippen molar-refractivity contribution in [1.82, 2.24) is 0 Å². The standard InChI is InChI=1S/C7H13NO/c1-2-3-4-7(9)5-6-8/h3-4H,2,5-6,8H2,1H3. The minimum absolute atomic E-state index is 0.124. The van der Waals surface area contributed by atoms with Crippen molar-refractivity contribution in [2.75, 3.05) is 6.54 Å². The highest BCUT2D eigenvalue weighted by atomic mass is 16.1. The summed E-state index contributed by atoms with van der Waals surface area (Å²) in [6.07, 6.45) is 4.82. The summed E-state index contributed by atoms with van der Waals surface area (Å²) in [5, 5.41) is 0. The molecule has 0 radical (unpaired) electrons. The first-order valence-corrected chi connectivity index (χ1v) is 3.20. The fourth-order valence-electron chi connectivity index (χ4n) is 0.475. The monoisotopic (exact) mass is 127 g/mol. The minimum Gasteiger partial charge on any atom is -0.330 e. The molecule has 0 bridgehead atoms. The summed E-state index contributed by atoms with van der Waals surface area (Å²) in [5.74, 6) is 0.124. The van der Waals surface area contributed by atoms with Crippen LogP contribution in [0.25, 0.3) is 0 Å². The maximum Gasteiger partial charge on any atom is 0.156 e. The van der Waals surface area contributed by atoms with E-state index in [1.165, 1.54) is 0 Å². The molecule has 0 aliphatic rings. The van der Waals surface area contributed by atoms with Gasteiger partial charge >= 0.3 is 0 Å². The van der Waals surface area contributed by atoms with Crippen LogP contribution in [0.3, 0.4) is 0 Å². The van der Waals surface area contributed by atoms with E-state index in [0.717, 1.165) is 6.42 Å². The summed E-state index contributed by atoms with van der Waals surface area (Å²) < 4.78 is 0. The average Bonchev–Trinajstić information content (AvgIpc) is 1.85. The van der Waals surface area contributed by atoms with Gasteiger partial charge in [0.05, 0.1) is 0 Å². The third-order valence-electron chi connectivity index (χ3n) is 0.930. The molecule has 0 unspecified atom stereocenters. The Hall–Kier alpha value is -0.630. The maximum absolute atomic E-state index is 10.6. The van der Waals surface area contributed by atoms with Crippen molar-refractivity contribution in [2.45, 2.75) is 19.8 Å². The topological polar surface area (TPSA) is 43.1 Å². The van der Waals surface area contributed by atoms with Crippen molar-refractivity contribution in [3.05, 3.63) is 12.2 Å². The largest absolute Gasteiger partial charge is 0.330 e. The zero-order valence-electron chi connectivity index (χ0n) is 5.76. The fourth-order valence-corrected chi connectivity index (χ4v) is 0.475. The van der Waals surface area contributed by atoms with Crippen molar-refractivity contribution in [2.24, 2.45) is 5.73 Å². The predicted molar refractivity (Wildman–Crippen MR) is 38.1 cm³/mol. The molecule has 2 N–H and O–H groups in total. The molecule has 0 heterocycles. The third kappa shape index (κ3) is 5.24. The second kappa shape index (κ2) is 5.51. The number of hydrogen-bond donors (Lipinski definition) is 1. The summed E-state index contributed by atoms with van der Waals surface area (Å²) in [7, 11) is 0. The summed E-state index contributed by atoms with van der Waals surface area (Å²) in [6, 6.07) is 0. The molecule has 0 aromatic carbocycles. The van der Waals surface area contributed by atoms with E-state index < -0.39 is 0 Å². The molecular weight excluding hydrogens is 114 g/mol. The van der Waals surface area contributed by atoms with E-state index in [0.29, 0.717) is 13.0 Å². The van der Waals surface area contributed by atoms with Gasteiger partial charge in [0, 0.05) is 6.42 Å². The van der Waals surface area contributed by atoms with E-state index in [4.69, 9.17) is 5.73 Å². The highest BCUT2D eigenvalue weighted by Crippen LogP contribution is 1.84. The highest BCUT2D eigenvalue weighted by Gasteiger charge is 1.90. The number of rotatable bonds is 4. The molecule has 0 saturated carbocycles. The molecule has 0 atom stereocenters. The lowest BCUT2D eigenvalue weighted by Gasteiger charge is -1.86. The molecular formula is C7H13NO. The van der Waals surface area contributed by atoms with Gasteiger partial charge in [0.1, 0.15) is 0 Å². The van der Waals surface area contributed by atoms with Crippen LogP contribution in [-0.4, -0.2) is 12.3 Å². The predicted octanol–water partition coefficient (Wildman–Crippen LogP) is 0.871. The Bertz CT molecular complexity index is 107. The summed E-state index contributed by atoms with van der Waals surface area (Å²) in [6.45, 7) is 2.44. The Balaban J connectivity index is 3.37. The van der Waals surface area contributed by atoms with Crippen molar-refractivity contribution in [3.63, 3.8) is 0 Å². The molecule has 0 aromatic heterocycles. The van der Waals surface area contributed by atoms with Crippen molar-refractivity contribution < 1.29 is 4.79 Å². The second-order valence-corrected chi connectivity index (χ2v) is 1.82. The quantitative estimate of drug-likeness (QED) is 0.569. The number of hydrogen-bond acceptors (Lipinski definition) is 2. The summed E-state index contributed by atoms with van der Waals surface area (Å²) >= 11 is 0. The zero-order chi connectivity index (χ0) is 7.11. The highest BCUT2D eigenvalue weighted by molar-refractivity contribution is 5.89. The van der Waals surface area contributed by atoms with Crippen molar-refractivity contribution in [1.29, 1.82) is 0 Å². The summed E-state index contributed by atoms with van der Waals surface area (Å²) in [5.41, 5.74) is 5.15. The molecule has 0 fully saturated rings. The SMILES string of the molecule is CCC=CC(=O)CCN. The first kappa shape index (κ1) is 8.37. The Morgan fingerprint density at radius 2 is 2.33 bits per heavy atom. The number of carbonyl (C=O) groups is 1. The van der Waals surface area contributed by atoms with E-state index in [1.807, 2.05) is 13.0 Å². The van der Waals surface area contributed by atoms with Gasteiger partial charge in [-0.25, -0.2) is 0 Å². The molecule has 0 spiro atoms. The van der Waals surface area contributed by atoms with E-state index in [9.17, 15) is 4.79 Å². The summed E-state index contributed by atoms with van der Waals surface area (Å²) in [4.78, 5) is 10.6. The second-order valence-electron chi connectivity index (χ2n) is 1.82. The smallest absolute Gasteiger partial charge is 0.156 e. The van der Waals surface area contributed by atoms with Gasteiger partial charge in [-0.3, -0.25) is 4.79 Å². The maximum atomic E-state index is 10.6. The van der Waals surface area contributed by atoms with Gasteiger partial charge < -0.3 is 5.73 Å². The van der Waals surface area contributed by atoms with Crippen LogP contribution in [-0.2, 0) is 4.79 Å². The van der Waals surface area contributed by atoms with Crippen LogP contribution in [0.1, 0.15) is 19.8 Å². The van der Waals surface area contributed by atoms with Gasteiger partial charge in [0.15, 0.2) is 5.78 Å². The van der Waals surface area contributed by atoms with E-state index in [-0.39, 0.29) is 5.78 Å².